The number of ether oxygens (including phenoxy) is 2. The van der Waals surface area contributed by atoms with Crippen molar-refractivity contribution in [3.8, 4) is 0 Å². The fourth-order valence-electron chi connectivity index (χ4n) is 5.25. The van der Waals surface area contributed by atoms with Crippen LogP contribution in [0.3, 0.4) is 0 Å². The molecule has 0 bridgehead atoms. The van der Waals surface area contributed by atoms with Crippen LogP contribution in [0.15, 0.2) is 84.9 Å². The van der Waals surface area contributed by atoms with Crippen molar-refractivity contribution in [1.82, 2.24) is 15.5 Å². The second-order valence-corrected chi connectivity index (χ2v) is 13.9. The highest BCUT2D eigenvalue weighted by Gasteiger charge is 2.38. The number of hydrogen-bond donors (Lipinski definition) is 3. The van der Waals surface area contributed by atoms with Gasteiger partial charge in [0.15, 0.2) is 0 Å². The van der Waals surface area contributed by atoms with E-state index in [0.717, 1.165) is 23.1 Å². The Bertz CT molecular complexity index is 1510. The number of esters is 1. The van der Waals surface area contributed by atoms with Crippen molar-refractivity contribution in [3.05, 3.63) is 107 Å². The summed E-state index contributed by atoms with van der Waals surface area (Å²) in [5.41, 5.74) is 1.41. The number of carbonyl (C=O) groups excluding carboxylic acids is 4. The van der Waals surface area contributed by atoms with Crippen molar-refractivity contribution in [2.24, 2.45) is 0 Å². The quantitative estimate of drug-likeness (QED) is 0.197. The highest BCUT2D eigenvalue weighted by atomic mass is 16.6. The fraction of sp³-hybridized carbons (Fsp3) is 0.436. The highest BCUT2D eigenvalue weighted by Crippen LogP contribution is 2.25. The molecule has 3 atom stereocenters. The average Bonchev–Trinajstić information content (AvgIpc) is 3.03. The van der Waals surface area contributed by atoms with E-state index in [1.165, 1.54) is 4.90 Å². The number of aliphatic hydroxyl groups is 1. The normalized spacial score (nSPS) is 13.4. The molecule has 0 aliphatic rings. The van der Waals surface area contributed by atoms with Crippen molar-refractivity contribution in [1.29, 1.82) is 0 Å². The minimum absolute atomic E-state index is 0.0957. The molecule has 3 unspecified atom stereocenters. The van der Waals surface area contributed by atoms with Crippen LogP contribution in [0.1, 0.15) is 76.8 Å². The Morgan fingerprint density at radius 2 is 1.20 bits per heavy atom. The van der Waals surface area contributed by atoms with Crippen molar-refractivity contribution < 1.29 is 33.8 Å². The van der Waals surface area contributed by atoms with Crippen molar-refractivity contribution >= 4 is 23.9 Å². The van der Waals surface area contributed by atoms with Gasteiger partial charge in [0, 0.05) is 19.4 Å². The molecule has 3 amide bonds. The standard InChI is InChI=1S/C39H51N3O7/c1-8-27-19-21-30(22-20-27)33(34(44)40-32(36(46)48-38(2,3)4)26-29-17-13-10-14-18-29)42(23-24-43)35(45)31(25-28-15-11-9-12-16-28)41-37(47)49-39(5,6)7/h9-22,31-33,43H,8,23-26H2,1-7H3,(H,40,44)(H,41,47). The van der Waals surface area contributed by atoms with E-state index in [2.05, 4.69) is 10.6 Å². The molecule has 0 aliphatic carbocycles. The molecule has 3 aromatic carbocycles. The minimum atomic E-state index is -1.27. The largest absolute Gasteiger partial charge is 0.458 e. The van der Waals surface area contributed by atoms with Gasteiger partial charge < -0.3 is 30.1 Å². The monoisotopic (exact) mass is 673 g/mol. The third-order valence-corrected chi connectivity index (χ3v) is 7.45. The number of rotatable bonds is 14. The third-order valence-electron chi connectivity index (χ3n) is 7.45. The van der Waals surface area contributed by atoms with E-state index in [9.17, 15) is 24.3 Å². The lowest BCUT2D eigenvalue weighted by Crippen LogP contribution is -2.56. The maximum absolute atomic E-state index is 14.6. The van der Waals surface area contributed by atoms with Crippen LogP contribution >= 0.6 is 0 Å². The summed E-state index contributed by atoms with van der Waals surface area (Å²) >= 11 is 0. The molecule has 49 heavy (non-hydrogen) atoms. The number of amides is 3. The smallest absolute Gasteiger partial charge is 0.408 e. The summed E-state index contributed by atoms with van der Waals surface area (Å²) in [6.07, 6.45) is 0.200. The van der Waals surface area contributed by atoms with Gasteiger partial charge in [0.25, 0.3) is 0 Å². The molecule has 264 valence electrons. The SMILES string of the molecule is CCc1ccc(C(C(=O)NC(Cc2ccccc2)C(=O)OC(C)(C)C)N(CCO)C(=O)C(Cc2ccccc2)NC(=O)OC(C)(C)C)cc1. The van der Waals surface area contributed by atoms with E-state index in [4.69, 9.17) is 9.47 Å². The zero-order valence-corrected chi connectivity index (χ0v) is 29.7. The van der Waals surface area contributed by atoms with Crippen LogP contribution in [0, 0.1) is 0 Å². The van der Waals surface area contributed by atoms with Gasteiger partial charge in [-0.3, -0.25) is 9.59 Å². The lowest BCUT2D eigenvalue weighted by molar-refractivity contribution is -0.159. The lowest BCUT2D eigenvalue weighted by Gasteiger charge is -2.35. The molecule has 0 spiro atoms. The first-order valence-electron chi connectivity index (χ1n) is 16.7. The summed E-state index contributed by atoms with van der Waals surface area (Å²) in [4.78, 5) is 56.8. The summed E-state index contributed by atoms with van der Waals surface area (Å²) in [5.74, 6) is -1.88. The molecule has 0 fully saturated rings. The molecule has 10 nitrogen and oxygen atoms in total. The fourth-order valence-corrected chi connectivity index (χ4v) is 5.25. The third kappa shape index (κ3) is 12.7. The predicted molar refractivity (Wildman–Crippen MR) is 189 cm³/mol. The molecule has 0 saturated carbocycles. The molecule has 0 aliphatic heterocycles. The molecule has 10 heteroatoms. The van der Waals surface area contributed by atoms with Crippen LogP contribution in [0.5, 0.6) is 0 Å². The van der Waals surface area contributed by atoms with Gasteiger partial charge in [-0.05, 0) is 70.2 Å². The molecular weight excluding hydrogens is 622 g/mol. The van der Waals surface area contributed by atoms with Crippen LogP contribution in [-0.2, 0) is 43.1 Å². The minimum Gasteiger partial charge on any atom is -0.458 e. The van der Waals surface area contributed by atoms with Crippen LogP contribution in [0.4, 0.5) is 4.79 Å². The van der Waals surface area contributed by atoms with Gasteiger partial charge in [-0.1, -0.05) is 91.9 Å². The Hall–Kier alpha value is -4.70. The second-order valence-electron chi connectivity index (χ2n) is 13.9. The molecule has 3 aromatic rings. The zero-order chi connectivity index (χ0) is 36.2. The van der Waals surface area contributed by atoms with Crippen molar-refractivity contribution in [2.75, 3.05) is 13.2 Å². The number of alkyl carbamates (subject to hydrolysis) is 1. The van der Waals surface area contributed by atoms with Crippen LogP contribution in [-0.4, -0.2) is 70.3 Å². The maximum Gasteiger partial charge on any atom is 0.408 e. The maximum atomic E-state index is 14.6. The number of aliphatic hydroxyl groups excluding tert-OH is 1. The van der Waals surface area contributed by atoms with Crippen LogP contribution in [0.2, 0.25) is 0 Å². The molecule has 3 rings (SSSR count). The van der Waals surface area contributed by atoms with Gasteiger partial charge in [0.05, 0.1) is 6.61 Å². The number of aryl methyl sites for hydroxylation is 1. The van der Waals surface area contributed by atoms with Crippen LogP contribution in [0.25, 0.3) is 0 Å². The summed E-state index contributed by atoms with van der Waals surface area (Å²) in [6.45, 7) is 11.7. The summed E-state index contributed by atoms with van der Waals surface area (Å²) in [6, 6.07) is 22.1. The molecule has 0 radical (unpaired) electrons. The molecule has 0 saturated heterocycles. The number of benzene rings is 3. The van der Waals surface area contributed by atoms with Gasteiger partial charge in [-0.2, -0.15) is 0 Å². The Balaban J connectivity index is 2.08. The zero-order valence-electron chi connectivity index (χ0n) is 29.7. The first-order valence-corrected chi connectivity index (χ1v) is 16.7. The van der Waals surface area contributed by atoms with Gasteiger partial charge in [-0.25, -0.2) is 9.59 Å². The molecule has 0 aromatic heterocycles. The number of carbonyl (C=O) groups is 4. The van der Waals surface area contributed by atoms with E-state index < -0.39 is 59.8 Å². The van der Waals surface area contributed by atoms with E-state index in [0.29, 0.717) is 5.56 Å². The van der Waals surface area contributed by atoms with Gasteiger partial charge in [0.1, 0.15) is 29.3 Å². The Kier molecular flexibility index (Phi) is 13.9. The van der Waals surface area contributed by atoms with Gasteiger partial charge in [-0.15, -0.1) is 0 Å². The number of hydrogen-bond acceptors (Lipinski definition) is 7. The molecular formula is C39H51N3O7. The Morgan fingerprint density at radius 1 is 0.694 bits per heavy atom. The molecule has 0 heterocycles. The first-order chi connectivity index (χ1) is 23.1. The summed E-state index contributed by atoms with van der Waals surface area (Å²) in [5, 5.41) is 15.8. The average molecular weight is 674 g/mol. The van der Waals surface area contributed by atoms with Gasteiger partial charge in [0.2, 0.25) is 11.8 Å². The van der Waals surface area contributed by atoms with E-state index in [-0.39, 0.29) is 19.4 Å². The van der Waals surface area contributed by atoms with E-state index >= 15 is 0 Å². The number of nitrogens with one attached hydrogen (secondary N) is 2. The van der Waals surface area contributed by atoms with Crippen molar-refractivity contribution in [2.45, 2.75) is 97.1 Å². The van der Waals surface area contributed by atoms with E-state index in [1.807, 2.05) is 79.7 Å². The van der Waals surface area contributed by atoms with Crippen molar-refractivity contribution in [3.63, 3.8) is 0 Å². The Labute approximate surface area is 290 Å². The second kappa shape index (κ2) is 17.6. The predicted octanol–water partition coefficient (Wildman–Crippen LogP) is 5.32. The first kappa shape index (κ1) is 38.7. The summed E-state index contributed by atoms with van der Waals surface area (Å²) in [7, 11) is 0. The topological polar surface area (TPSA) is 134 Å². The number of nitrogens with zero attached hydrogens (tertiary/aromatic N) is 1. The van der Waals surface area contributed by atoms with E-state index in [1.54, 1.807) is 53.7 Å². The van der Waals surface area contributed by atoms with Crippen LogP contribution < -0.4 is 10.6 Å². The highest BCUT2D eigenvalue weighted by molar-refractivity contribution is 5.94. The lowest BCUT2D eigenvalue weighted by atomic mass is 9.98. The summed E-state index contributed by atoms with van der Waals surface area (Å²) < 4.78 is 11.2. The Morgan fingerprint density at radius 3 is 1.67 bits per heavy atom. The molecule has 3 N–H and O–H groups in total. The van der Waals surface area contributed by atoms with Gasteiger partial charge >= 0.3 is 12.1 Å².